The van der Waals surface area contributed by atoms with Gasteiger partial charge in [0.25, 0.3) is 0 Å². The summed E-state index contributed by atoms with van der Waals surface area (Å²) in [7, 11) is 0. The Hall–Kier alpha value is -1.03. The third kappa shape index (κ3) is 2.50. The Morgan fingerprint density at radius 1 is 1.53 bits per heavy atom. The van der Waals surface area contributed by atoms with E-state index < -0.39 is 5.54 Å². The first-order valence-corrected chi connectivity index (χ1v) is 7.26. The van der Waals surface area contributed by atoms with Crippen molar-refractivity contribution in [2.24, 2.45) is 5.92 Å². The number of halogens is 1. The minimum absolute atomic E-state index is 0.0271. The van der Waals surface area contributed by atoms with Gasteiger partial charge in [0.2, 0.25) is 11.8 Å². The van der Waals surface area contributed by atoms with E-state index in [1.165, 1.54) is 5.54 Å². The Bertz CT molecular complexity index is 431. The molecule has 0 aromatic rings. The van der Waals surface area contributed by atoms with Gasteiger partial charge in [-0.2, -0.15) is 0 Å². The normalized spacial score (nSPS) is 32.5. The van der Waals surface area contributed by atoms with E-state index >= 15 is 0 Å². The van der Waals surface area contributed by atoms with E-state index in [0.717, 1.165) is 18.4 Å². The van der Waals surface area contributed by atoms with Crippen molar-refractivity contribution in [1.29, 1.82) is 0 Å². The molecular weight excluding hydrogens is 264 g/mol. The summed E-state index contributed by atoms with van der Waals surface area (Å²) < 4.78 is 0. The highest BCUT2D eigenvalue weighted by Gasteiger charge is 2.54. The van der Waals surface area contributed by atoms with Crippen LogP contribution < -0.4 is 5.32 Å². The standard InChI is InChI=1S/C14H21ClN2O2/c1-4-11-12(18)16-14(3,10-5-6-10)13(19)17(11)8-9(2)7-15/h7,10-11H,4-6,8H2,1-3H3,(H,16,18). The van der Waals surface area contributed by atoms with Gasteiger partial charge < -0.3 is 10.2 Å². The largest absolute Gasteiger partial charge is 0.340 e. The fourth-order valence-corrected chi connectivity index (χ4v) is 2.87. The molecule has 0 bridgehead atoms. The van der Waals surface area contributed by atoms with Crippen LogP contribution in [0.25, 0.3) is 0 Å². The molecule has 2 unspecified atom stereocenters. The van der Waals surface area contributed by atoms with Crippen molar-refractivity contribution < 1.29 is 9.59 Å². The number of hydrogen-bond donors (Lipinski definition) is 1. The lowest BCUT2D eigenvalue weighted by Crippen LogP contribution is -2.70. The zero-order chi connectivity index (χ0) is 14.2. The fraction of sp³-hybridized carbons (Fsp3) is 0.714. The second-order valence-corrected chi connectivity index (χ2v) is 6.00. The maximum absolute atomic E-state index is 12.7. The summed E-state index contributed by atoms with van der Waals surface area (Å²) in [4.78, 5) is 26.7. The predicted octanol–water partition coefficient (Wildman–Crippen LogP) is 2.03. The zero-order valence-electron chi connectivity index (χ0n) is 11.7. The van der Waals surface area contributed by atoms with Crippen LogP contribution in [0.3, 0.4) is 0 Å². The third-order valence-corrected chi connectivity index (χ3v) is 4.53. The molecule has 5 heteroatoms. The number of carbonyl (C=O) groups excluding carboxylic acids is 2. The SMILES string of the molecule is CCC1C(=O)NC(C)(C2CC2)C(=O)N1CC(C)=CCl. The minimum Gasteiger partial charge on any atom is -0.340 e. The molecular formula is C14H21ClN2O2. The molecule has 1 saturated carbocycles. The van der Waals surface area contributed by atoms with Gasteiger partial charge in [-0.1, -0.05) is 18.5 Å². The van der Waals surface area contributed by atoms with Crippen LogP contribution in [-0.2, 0) is 9.59 Å². The first-order valence-electron chi connectivity index (χ1n) is 6.83. The smallest absolute Gasteiger partial charge is 0.249 e. The quantitative estimate of drug-likeness (QED) is 0.859. The molecule has 19 heavy (non-hydrogen) atoms. The summed E-state index contributed by atoms with van der Waals surface area (Å²) in [6, 6.07) is -0.383. The van der Waals surface area contributed by atoms with Crippen molar-refractivity contribution in [2.75, 3.05) is 6.54 Å². The second kappa shape index (κ2) is 5.16. The molecule has 0 radical (unpaired) electrons. The fourth-order valence-electron chi connectivity index (χ4n) is 2.80. The third-order valence-electron chi connectivity index (χ3n) is 4.15. The van der Waals surface area contributed by atoms with Crippen LogP contribution in [0.15, 0.2) is 11.1 Å². The van der Waals surface area contributed by atoms with Crippen LogP contribution in [0.1, 0.15) is 40.0 Å². The summed E-state index contributed by atoms with van der Waals surface area (Å²) in [6.45, 7) is 6.07. The van der Waals surface area contributed by atoms with Crippen molar-refractivity contribution in [2.45, 2.75) is 51.6 Å². The Morgan fingerprint density at radius 2 is 2.16 bits per heavy atom. The predicted molar refractivity (Wildman–Crippen MR) is 74.7 cm³/mol. The average Bonchev–Trinajstić information content (AvgIpc) is 3.20. The van der Waals surface area contributed by atoms with E-state index in [-0.39, 0.29) is 23.8 Å². The van der Waals surface area contributed by atoms with E-state index in [2.05, 4.69) is 5.32 Å². The van der Waals surface area contributed by atoms with Crippen LogP contribution in [-0.4, -0.2) is 34.8 Å². The van der Waals surface area contributed by atoms with Crippen molar-refractivity contribution >= 4 is 23.4 Å². The highest BCUT2D eigenvalue weighted by Crippen LogP contribution is 2.42. The Labute approximate surface area is 119 Å². The molecule has 1 N–H and O–H groups in total. The van der Waals surface area contributed by atoms with Gasteiger partial charge in [0.05, 0.1) is 0 Å². The van der Waals surface area contributed by atoms with Crippen LogP contribution in [0.2, 0.25) is 0 Å². The second-order valence-electron chi connectivity index (χ2n) is 5.78. The molecule has 0 aromatic carbocycles. The molecule has 2 atom stereocenters. The van der Waals surface area contributed by atoms with Gasteiger partial charge in [-0.25, -0.2) is 0 Å². The molecule has 4 nitrogen and oxygen atoms in total. The number of nitrogens with one attached hydrogen (secondary N) is 1. The number of rotatable bonds is 4. The molecule has 1 saturated heterocycles. The van der Waals surface area contributed by atoms with Crippen LogP contribution >= 0.6 is 11.6 Å². The number of amides is 2. The molecule has 1 aliphatic heterocycles. The molecule has 2 rings (SSSR count). The minimum atomic E-state index is -0.727. The van der Waals surface area contributed by atoms with E-state index in [1.54, 1.807) is 4.90 Å². The first-order chi connectivity index (χ1) is 8.93. The lowest BCUT2D eigenvalue weighted by molar-refractivity contribution is -0.154. The van der Waals surface area contributed by atoms with Gasteiger partial charge in [0, 0.05) is 12.1 Å². The molecule has 2 amide bonds. The number of piperazine rings is 1. The highest BCUT2D eigenvalue weighted by atomic mass is 35.5. The monoisotopic (exact) mass is 284 g/mol. The van der Waals surface area contributed by atoms with Gasteiger partial charge in [0.15, 0.2) is 0 Å². The Morgan fingerprint density at radius 3 is 2.63 bits per heavy atom. The molecule has 106 valence electrons. The van der Waals surface area contributed by atoms with Crippen molar-refractivity contribution in [3.63, 3.8) is 0 Å². The number of nitrogens with zero attached hydrogens (tertiary/aromatic N) is 1. The van der Waals surface area contributed by atoms with Crippen molar-refractivity contribution in [1.82, 2.24) is 10.2 Å². The summed E-state index contributed by atoms with van der Waals surface area (Å²) in [5, 5.41) is 2.94. The molecule has 2 fully saturated rings. The summed E-state index contributed by atoms with van der Waals surface area (Å²) in [5.41, 5.74) is 1.64. The van der Waals surface area contributed by atoms with E-state index in [1.807, 2.05) is 20.8 Å². The van der Waals surface area contributed by atoms with Gasteiger partial charge in [-0.15, -0.1) is 0 Å². The van der Waals surface area contributed by atoms with Gasteiger partial charge in [-0.05, 0) is 44.6 Å². The summed E-state index contributed by atoms with van der Waals surface area (Å²) in [6.07, 6.45) is 2.64. The van der Waals surface area contributed by atoms with Crippen LogP contribution in [0.4, 0.5) is 0 Å². The first kappa shape index (κ1) is 14.4. The maximum atomic E-state index is 12.7. The van der Waals surface area contributed by atoms with Gasteiger partial charge >= 0.3 is 0 Å². The number of hydrogen-bond acceptors (Lipinski definition) is 2. The topological polar surface area (TPSA) is 49.4 Å². The van der Waals surface area contributed by atoms with Gasteiger partial charge in [-0.3, -0.25) is 9.59 Å². The van der Waals surface area contributed by atoms with E-state index in [0.29, 0.717) is 13.0 Å². The lowest BCUT2D eigenvalue weighted by atomic mass is 9.88. The summed E-state index contributed by atoms with van der Waals surface area (Å²) >= 11 is 5.69. The molecule has 0 aromatic heterocycles. The van der Waals surface area contributed by atoms with Gasteiger partial charge in [0.1, 0.15) is 11.6 Å². The Balaban J connectivity index is 2.28. The molecule has 1 aliphatic carbocycles. The van der Waals surface area contributed by atoms with E-state index in [9.17, 15) is 9.59 Å². The average molecular weight is 285 g/mol. The lowest BCUT2D eigenvalue weighted by Gasteiger charge is -2.44. The molecule has 0 spiro atoms. The zero-order valence-corrected chi connectivity index (χ0v) is 12.5. The van der Waals surface area contributed by atoms with Crippen molar-refractivity contribution in [3.05, 3.63) is 11.1 Å². The molecule has 1 heterocycles. The number of carbonyl (C=O) groups is 2. The van der Waals surface area contributed by atoms with E-state index in [4.69, 9.17) is 11.6 Å². The van der Waals surface area contributed by atoms with Crippen LogP contribution in [0, 0.1) is 5.92 Å². The highest BCUT2D eigenvalue weighted by molar-refractivity contribution is 6.25. The Kier molecular flexibility index (Phi) is 3.90. The van der Waals surface area contributed by atoms with Crippen molar-refractivity contribution in [3.8, 4) is 0 Å². The molecule has 2 aliphatic rings. The maximum Gasteiger partial charge on any atom is 0.249 e. The summed E-state index contributed by atoms with van der Waals surface area (Å²) in [5.74, 6) is 0.266. The van der Waals surface area contributed by atoms with Crippen LogP contribution in [0.5, 0.6) is 0 Å².